The molecule has 27 heavy (non-hydrogen) atoms. The van der Waals surface area contributed by atoms with Gasteiger partial charge in [-0.1, -0.05) is 35.3 Å². The first-order chi connectivity index (χ1) is 12.8. The number of nitrogens with one attached hydrogen (secondary N) is 2. The summed E-state index contributed by atoms with van der Waals surface area (Å²) >= 11 is 11.7. The minimum atomic E-state index is -1.14. The first kappa shape index (κ1) is 20.7. The quantitative estimate of drug-likeness (QED) is 0.711. The molecule has 0 saturated carbocycles. The molecule has 0 aromatic heterocycles. The van der Waals surface area contributed by atoms with Crippen molar-refractivity contribution in [1.29, 1.82) is 0 Å². The molecule has 0 fully saturated rings. The van der Waals surface area contributed by atoms with Crippen LogP contribution in [0.25, 0.3) is 0 Å². The lowest BCUT2D eigenvalue weighted by molar-refractivity contribution is -0.152. The van der Waals surface area contributed by atoms with Crippen molar-refractivity contribution in [3.05, 3.63) is 63.9 Å². The maximum Gasteiger partial charge on any atom is 0.326 e. The van der Waals surface area contributed by atoms with Gasteiger partial charge in [0.05, 0.1) is 16.3 Å². The Hall–Kier alpha value is -2.64. The highest BCUT2D eigenvalue weighted by atomic mass is 35.5. The number of hydrogen-bond acceptors (Lipinski definition) is 4. The normalized spacial score (nSPS) is 11.4. The molecular weight excluding hydrogens is 398 g/mol. The van der Waals surface area contributed by atoms with Crippen LogP contribution in [0.5, 0.6) is 0 Å². The van der Waals surface area contributed by atoms with Crippen LogP contribution in [0, 0.1) is 5.82 Å². The monoisotopic (exact) mass is 412 g/mol. The molecule has 0 aliphatic rings. The van der Waals surface area contributed by atoms with Crippen molar-refractivity contribution >= 4 is 46.7 Å². The van der Waals surface area contributed by atoms with Gasteiger partial charge in [0.25, 0.3) is 11.8 Å². The number of amides is 2. The van der Waals surface area contributed by atoms with Gasteiger partial charge in [-0.3, -0.25) is 14.4 Å². The van der Waals surface area contributed by atoms with E-state index >= 15 is 0 Å². The molecule has 0 aliphatic heterocycles. The molecule has 1 unspecified atom stereocenters. The second-order valence-electron chi connectivity index (χ2n) is 5.41. The van der Waals surface area contributed by atoms with Crippen LogP contribution in [0.1, 0.15) is 17.3 Å². The number of benzene rings is 2. The minimum Gasteiger partial charge on any atom is -0.451 e. The second-order valence-corrected chi connectivity index (χ2v) is 6.25. The number of hydrogen-bond donors (Lipinski definition) is 2. The molecule has 0 saturated heterocycles. The van der Waals surface area contributed by atoms with Gasteiger partial charge in [-0.25, -0.2) is 4.39 Å². The molecule has 2 N–H and O–H groups in total. The standard InChI is InChI=1S/C18H15Cl2FN2O4/c1-10(17(25)23-15-7-6-11(19)8-13(15)20)27-16(24)9-22-18(26)12-4-2-3-5-14(12)21/h2-8,10H,9H2,1H3,(H,22,26)(H,23,25). The van der Waals surface area contributed by atoms with E-state index in [1.807, 2.05) is 0 Å². The van der Waals surface area contributed by atoms with Crippen molar-refractivity contribution in [2.24, 2.45) is 0 Å². The number of esters is 1. The Kier molecular flexibility index (Phi) is 7.15. The van der Waals surface area contributed by atoms with Crippen molar-refractivity contribution in [2.45, 2.75) is 13.0 Å². The molecule has 2 rings (SSSR count). The van der Waals surface area contributed by atoms with E-state index in [0.29, 0.717) is 10.7 Å². The number of anilines is 1. The topological polar surface area (TPSA) is 84.5 Å². The number of halogens is 3. The van der Waals surface area contributed by atoms with Gasteiger partial charge in [-0.2, -0.15) is 0 Å². The third-order valence-electron chi connectivity index (χ3n) is 3.38. The zero-order valence-corrected chi connectivity index (χ0v) is 15.6. The molecule has 0 spiro atoms. The molecule has 9 heteroatoms. The Balaban J connectivity index is 1.85. The third kappa shape index (κ3) is 5.94. The van der Waals surface area contributed by atoms with Gasteiger partial charge >= 0.3 is 5.97 Å². The van der Waals surface area contributed by atoms with Crippen molar-refractivity contribution in [3.63, 3.8) is 0 Å². The van der Waals surface area contributed by atoms with Gasteiger partial charge in [0.15, 0.2) is 6.10 Å². The van der Waals surface area contributed by atoms with Gasteiger partial charge in [0.1, 0.15) is 12.4 Å². The van der Waals surface area contributed by atoms with Crippen molar-refractivity contribution < 1.29 is 23.5 Å². The lowest BCUT2D eigenvalue weighted by Crippen LogP contribution is -2.36. The SMILES string of the molecule is CC(OC(=O)CNC(=O)c1ccccc1F)C(=O)Nc1ccc(Cl)cc1Cl. The summed E-state index contributed by atoms with van der Waals surface area (Å²) in [6.07, 6.45) is -1.14. The van der Waals surface area contributed by atoms with Gasteiger partial charge in [0, 0.05) is 5.02 Å². The van der Waals surface area contributed by atoms with Crippen molar-refractivity contribution in [1.82, 2.24) is 5.32 Å². The van der Waals surface area contributed by atoms with Crippen LogP contribution in [0.2, 0.25) is 10.0 Å². The molecule has 1 atom stereocenters. The smallest absolute Gasteiger partial charge is 0.326 e. The van der Waals surface area contributed by atoms with Gasteiger partial charge in [-0.05, 0) is 37.3 Å². The summed E-state index contributed by atoms with van der Waals surface area (Å²) < 4.78 is 18.4. The first-order valence-electron chi connectivity index (χ1n) is 7.76. The van der Waals surface area contributed by atoms with Crippen molar-refractivity contribution in [2.75, 3.05) is 11.9 Å². The van der Waals surface area contributed by atoms with Crippen LogP contribution in [-0.2, 0) is 14.3 Å². The van der Waals surface area contributed by atoms with E-state index in [0.717, 1.165) is 6.07 Å². The summed E-state index contributed by atoms with van der Waals surface area (Å²) in [5.74, 6) is -2.95. The van der Waals surface area contributed by atoms with Crippen LogP contribution < -0.4 is 10.6 Å². The van der Waals surface area contributed by atoms with E-state index in [2.05, 4.69) is 10.6 Å². The van der Waals surface area contributed by atoms with Gasteiger partial charge in [0.2, 0.25) is 0 Å². The number of carbonyl (C=O) groups excluding carboxylic acids is 3. The largest absolute Gasteiger partial charge is 0.451 e. The number of carbonyl (C=O) groups is 3. The number of rotatable bonds is 6. The lowest BCUT2D eigenvalue weighted by Gasteiger charge is -2.14. The highest BCUT2D eigenvalue weighted by molar-refractivity contribution is 6.36. The number of ether oxygens (including phenoxy) is 1. The molecule has 0 bridgehead atoms. The molecule has 2 amide bonds. The predicted molar refractivity (Wildman–Crippen MR) is 99.4 cm³/mol. The third-order valence-corrected chi connectivity index (χ3v) is 3.93. The second kappa shape index (κ2) is 9.34. The highest BCUT2D eigenvalue weighted by Crippen LogP contribution is 2.25. The molecule has 2 aromatic rings. The fourth-order valence-electron chi connectivity index (χ4n) is 2.01. The molecule has 142 valence electrons. The Morgan fingerprint density at radius 1 is 1.15 bits per heavy atom. The lowest BCUT2D eigenvalue weighted by atomic mass is 10.2. The fraction of sp³-hybridized carbons (Fsp3) is 0.167. The molecule has 2 aromatic carbocycles. The Morgan fingerprint density at radius 2 is 1.85 bits per heavy atom. The summed E-state index contributed by atoms with van der Waals surface area (Å²) in [7, 11) is 0. The average Bonchev–Trinajstić information content (AvgIpc) is 2.62. The molecule has 0 heterocycles. The van der Waals surface area contributed by atoms with Crippen LogP contribution >= 0.6 is 23.2 Å². The van der Waals surface area contributed by atoms with E-state index in [1.165, 1.54) is 43.3 Å². The molecule has 0 radical (unpaired) electrons. The zero-order valence-electron chi connectivity index (χ0n) is 14.1. The Labute approximate surface area is 164 Å². The Bertz CT molecular complexity index is 876. The summed E-state index contributed by atoms with van der Waals surface area (Å²) in [5.41, 5.74) is 0.107. The van der Waals surface area contributed by atoms with E-state index in [-0.39, 0.29) is 10.6 Å². The molecule has 0 aliphatic carbocycles. The van der Waals surface area contributed by atoms with Crippen LogP contribution in [0.15, 0.2) is 42.5 Å². The highest BCUT2D eigenvalue weighted by Gasteiger charge is 2.20. The molecule has 6 nitrogen and oxygen atoms in total. The van der Waals surface area contributed by atoms with Gasteiger partial charge in [-0.15, -0.1) is 0 Å². The van der Waals surface area contributed by atoms with E-state index in [9.17, 15) is 18.8 Å². The maximum absolute atomic E-state index is 13.5. The maximum atomic E-state index is 13.5. The van der Waals surface area contributed by atoms with Crippen LogP contribution in [0.4, 0.5) is 10.1 Å². The fourth-order valence-corrected chi connectivity index (χ4v) is 2.47. The van der Waals surface area contributed by atoms with Crippen LogP contribution in [0.3, 0.4) is 0 Å². The van der Waals surface area contributed by atoms with E-state index < -0.39 is 36.2 Å². The van der Waals surface area contributed by atoms with Crippen LogP contribution in [-0.4, -0.2) is 30.4 Å². The van der Waals surface area contributed by atoms with E-state index in [4.69, 9.17) is 27.9 Å². The minimum absolute atomic E-state index is 0.200. The summed E-state index contributed by atoms with van der Waals surface area (Å²) in [4.78, 5) is 35.7. The summed E-state index contributed by atoms with van der Waals surface area (Å²) in [6.45, 7) is 0.836. The average molecular weight is 413 g/mol. The predicted octanol–water partition coefficient (Wildman–Crippen LogP) is 3.43. The Morgan fingerprint density at radius 3 is 2.52 bits per heavy atom. The first-order valence-corrected chi connectivity index (χ1v) is 8.51. The van der Waals surface area contributed by atoms with E-state index in [1.54, 1.807) is 0 Å². The summed E-state index contributed by atoms with van der Waals surface area (Å²) in [5, 5.41) is 5.36. The van der Waals surface area contributed by atoms with Crippen molar-refractivity contribution in [3.8, 4) is 0 Å². The summed E-state index contributed by atoms with van der Waals surface area (Å²) in [6, 6.07) is 9.83. The zero-order chi connectivity index (χ0) is 20.0. The molecular formula is C18H15Cl2FN2O4. The van der Waals surface area contributed by atoms with Gasteiger partial charge < -0.3 is 15.4 Å².